The number of rotatable bonds is 7. The summed E-state index contributed by atoms with van der Waals surface area (Å²) < 4.78 is 18.3. The highest BCUT2D eigenvalue weighted by atomic mass is 32.2. The molecule has 0 atom stereocenters. The molecule has 0 radical (unpaired) electrons. The number of aromatic nitrogens is 3. The molecule has 2 aromatic carbocycles. The van der Waals surface area contributed by atoms with Gasteiger partial charge in [0.05, 0.1) is 41.4 Å². The number of para-hydroxylation sites is 1. The average Bonchev–Trinajstić information content (AvgIpc) is 3.52. The van der Waals surface area contributed by atoms with Crippen LogP contribution < -0.4 is 15.0 Å². The summed E-state index contributed by atoms with van der Waals surface area (Å²) in [5.41, 5.74) is 1.94. The van der Waals surface area contributed by atoms with E-state index in [9.17, 15) is 4.79 Å². The number of oxazole rings is 1. The summed E-state index contributed by atoms with van der Waals surface area (Å²) in [7, 11) is 3.14. The van der Waals surface area contributed by atoms with Crippen molar-refractivity contribution in [3.8, 4) is 28.0 Å². The Morgan fingerprint density at radius 1 is 1.03 bits per heavy atom. The van der Waals surface area contributed by atoms with Gasteiger partial charge in [-0.3, -0.25) is 9.36 Å². The SMILES string of the molecule is COc1ccc(-n2c(SCc3nc(-c4cccs4)oc3C)nc3ccccc3c2=O)cc1OC. The Morgan fingerprint density at radius 2 is 1.85 bits per heavy atom. The van der Waals surface area contributed by atoms with Crippen LogP contribution in [-0.2, 0) is 5.75 Å². The standard InChI is InChI=1S/C25H21N3O4S2/c1-15-19(26-23(32-15)22-9-6-12-33-22)14-34-25-27-18-8-5-4-7-17(18)24(29)28(25)16-10-11-20(30-2)21(13-16)31-3/h4-13H,14H2,1-3H3. The number of ether oxygens (including phenoxy) is 2. The molecule has 0 amide bonds. The molecule has 0 fully saturated rings. The van der Waals surface area contributed by atoms with Crippen molar-refractivity contribution < 1.29 is 13.9 Å². The van der Waals surface area contributed by atoms with Gasteiger partial charge >= 0.3 is 0 Å². The molecule has 3 heterocycles. The fourth-order valence-electron chi connectivity index (χ4n) is 3.60. The van der Waals surface area contributed by atoms with Crippen LogP contribution in [0.3, 0.4) is 0 Å². The van der Waals surface area contributed by atoms with Gasteiger partial charge in [-0.2, -0.15) is 0 Å². The largest absolute Gasteiger partial charge is 0.493 e. The molecule has 5 aromatic rings. The van der Waals surface area contributed by atoms with Crippen LogP contribution in [0.5, 0.6) is 11.5 Å². The third-order valence-electron chi connectivity index (χ3n) is 5.33. The van der Waals surface area contributed by atoms with Crippen LogP contribution in [0.4, 0.5) is 0 Å². The molecule has 0 aliphatic heterocycles. The van der Waals surface area contributed by atoms with Gasteiger partial charge in [0.25, 0.3) is 5.56 Å². The van der Waals surface area contributed by atoms with Crippen molar-refractivity contribution in [1.82, 2.24) is 14.5 Å². The van der Waals surface area contributed by atoms with Gasteiger partial charge in [-0.25, -0.2) is 9.97 Å². The lowest BCUT2D eigenvalue weighted by Crippen LogP contribution is -2.21. The Kier molecular flexibility index (Phi) is 6.12. The molecule has 172 valence electrons. The molecule has 0 N–H and O–H groups in total. The third-order valence-corrected chi connectivity index (χ3v) is 7.14. The number of benzene rings is 2. The smallest absolute Gasteiger partial charge is 0.266 e. The maximum Gasteiger partial charge on any atom is 0.266 e. The zero-order valence-corrected chi connectivity index (χ0v) is 20.4. The van der Waals surface area contributed by atoms with Crippen molar-refractivity contribution in [3.05, 3.63) is 81.8 Å². The number of nitrogens with zero attached hydrogens (tertiary/aromatic N) is 3. The lowest BCUT2D eigenvalue weighted by atomic mass is 10.2. The Bertz CT molecular complexity index is 1520. The summed E-state index contributed by atoms with van der Waals surface area (Å²) in [5, 5.41) is 3.08. The lowest BCUT2D eigenvalue weighted by molar-refractivity contribution is 0.354. The number of hydrogen-bond acceptors (Lipinski definition) is 8. The lowest BCUT2D eigenvalue weighted by Gasteiger charge is -2.15. The predicted molar refractivity (Wildman–Crippen MR) is 135 cm³/mol. The van der Waals surface area contributed by atoms with Gasteiger partial charge in [0.15, 0.2) is 16.7 Å². The minimum absolute atomic E-state index is 0.156. The Morgan fingerprint density at radius 3 is 2.62 bits per heavy atom. The number of methoxy groups -OCH3 is 2. The average molecular weight is 492 g/mol. The van der Waals surface area contributed by atoms with E-state index in [1.165, 1.54) is 11.8 Å². The molecule has 0 aliphatic carbocycles. The van der Waals surface area contributed by atoms with Crippen LogP contribution >= 0.6 is 23.1 Å². The number of hydrogen-bond donors (Lipinski definition) is 0. The van der Waals surface area contributed by atoms with Crippen molar-refractivity contribution in [2.45, 2.75) is 17.8 Å². The van der Waals surface area contributed by atoms with E-state index in [1.807, 2.05) is 48.7 Å². The van der Waals surface area contributed by atoms with Gasteiger partial charge in [-0.15, -0.1) is 11.3 Å². The molecule has 9 heteroatoms. The number of thiophene rings is 1. The zero-order chi connectivity index (χ0) is 23.7. The molecule has 5 rings (SSSR count). The van der Waals surface area contributed by atoms with E-state index in [1.54, 1.807) is 48.3 Å². The Hall–Kier alpha value is -3.56. The second-order valence-corrected chi connectivity index (χ2v) is 9.27. The van der Waals surface area contributed by atoms with Gasteiger partial charge < -0.3 is 13.9 Å². The molecule has 0 unspecified atom stereocenters. The van der Waals surface area contributed by atoms with Crippen LogP contribution in [0.15, 0.2) is 74.3 Å². The van der Waals surface area contributed by atoms with Gasteiger partial charge in [-0.05, 0) is 42.6 Å². The molecule has 3 aromatic heterocycles. The summed E-state index contributed by atoms with van der Waals surface area (Å²) in [4.78, 5) is 24.0. The van der Waals surface area contributed by atoms with Crippen LogP contribution in [0.2, 0.25) is 0 Å². The molecule has 7 nitrogen and oxygen atoms in total. The van der Waals surface area contributed by atoms with E-state index in [4.69, 9.17) is 18.9 Å². The van der Waals surface area contributed by atoms with Crippen molar-refractivity contribution in [3.63, 3.8) is 0 Å². The zero-order valence-electron chi connectivity index (χ0n) is 18.8. The van der Waals surface area contributed by atoms with Crippen molar-refractivity contribution >= 4 is 34.0 Å². The minimum Gasteiger partial charge on any atom is -0.493 e. The maximum absolute atomic E-state index is 13.5. The Labute approximate surface area is 204 Å². The Balaban J connectivity index is 1.58. The first kappa shape index (κ1) is 22.2. The predicted octanol–water partition coefficient (Wildman–Crippen LogP) is 5.72. The van der Waals surface area contributed by atoms with Crippen molar-refractivity contribution in [1.29, 1.82) is 0 Å². The van der Waals surface area contributed by atoms with Crippen LogP contribution in [-0.4, -0.2) is 28.8 Å². The molecule has 0 saturated heterocycles. The summed E-state index contributed by atoms with van der Waals surface area (Å²) >= 11 is 3.01. The fourth-order valence-corrected chi connectivity index (χ4v) is 5.26. The van der Waals surface area contributed by atoms with Crippen molar-refractivity contribution in [2.75, 3.05) is 14.2 Å². The molecule has 0 bridgehead atoms. The van der Waals surface area contributed by atoms with Crippen molar-refractivity contribution in [2.24, 2.45) is 0 Å². The van der Waals surface area contributed by atoms with E-state index in [0.29, 0.717) is 44.9 Å². The normalized spacial score (nSPS) is 11.1. The number of aryl methyl sites for hydroxylation is 1. The first-order valence-electron chi connectivity index (χ1n) is 10.5. The topological polar surface area (TPSA) is 79.4 Å². The first-order valence-corrected chi connectivity index (χ1v) is 12.3. The van der Waals surface area contributed by atoms with Gasteiger partial charge in [-0.1, -0.05) is 30.0 Å². The van der Waals surface area contributed by atoms with Crippen LogP contribution in [0.1, 0.15) is 11.5 Å². The van der Waals surface area contributed by atoms with Crippen LogP contribution in [0.25, 0.3) is 27.4 Å². The molecule has 34 heavy (non-hydrogen) atoms. The van der Waals surface area contributed by atoms with Crippen LogP contribution in [0, 0.1) is 6.92 Å². The molecular formula is C25H21N3O4S2. The molecular weight excluding hydrogens is 470 g/mol. The van der Waals surface area contributed by atoms with Gasteiger partial charge in [0, 0.05) is 11.8 Å². The first-order chi connectivity index (χ1) is 16.6. The second-order valence-electron chi connectivity index (χ2n) is 7.38. The van der Waals surface area contributed by atoms with Gasteiger partial charge in [0.2, 0.25) is 5.89 Å². The van der Waals surface area contributed by atoms with E-state index in [0.717, 1.165) is 16.3 Å². The fraction of sp³-hybridized carbons (Fsp3) is 0.160. The molecule has 0 saturated carbocycles. The minimum atomic E-state index is -0.156. The third kappa shape index (κ3) is 4.08. The summed E-state index contributed by atoms with van der Waals surface area (Å²) in [6.45, 7) is 1.90. The van der Waals surface area contributed by atoms with Gasteiger partial charge in [0.1, 0.15) is 5.76 Å². The quantitative estimate of drug-likeness (QED) is 0.213. The van der Waals surface area contributed by atoms with E-state index in [-0.39, 0.29) is 5.56 Å². The summed E-state index contributed by atoms with van der Waals surface area (Å²) in [6.07, 6.45) is 0. The van der Waals surface area contributed by atoms with E-state index >= 15 is 0 Å². The highest BCUT2D eigenvalue weighted by Gasteiger charge is 2.18. The summed E-state index contributed by atoms with van der Waals surface area (Å²) in [6, 6.07) is 16.7. The molecule has 0 aliphatic rings. The van der Waals surface area contributed by atoms with E-state index in [2.05, 4.69) is 4.98 Å². The maximum atomic E-state index is 13.5. The highest BCUT2D eigenvalue weighted by Crippen LogP contribution is 2.32. The molecule has 0 spiro atoms. The summed E-state index contributed by atoms with van der Waals surface area (Å²) in [5.74, 6) is 2.97. The number of fused-ring (bicyclic) bond motifs is 1. The monoisotopic (exact) mass is 491 g/mol. The van der Waals surface area contributed by atoms with E-state index < -0.39 is 0 Å². The number of thioether (sulfide) groups is 1. The highest BCUT2D eigenvalue weighted by molar-refractivity contribution is 7.98. The second kappa shape index (κ2) is 9.36.